The highest BCUT2D eigenvalue weighted by atomic mass is 32.2. The van der Waals surface area contributed by atoms with Gasteiger partial charge in [0.15, 0.2) is 16.6 Å². The number of aromatic nitrogens is 1. The van der Waals surface area contributed by atoms with Crippen molar-refractivity contribution in [3.05, 3.63) is 66.2 Å². The van der Waals surface area contributed by atoms with Crippen molar-refractivity contribution in [1.82, 2.24) is 4.98 Å². The minimum atomic E-state index is -0.307. The Bertz CT molecular complexity index is 1410. The van der Waals surface area contributed by atoms with E-state index in [1.165, 1.54) is 11.3 Å². The van der Waals surface area contributed by atoms with E-state index in [9.17, 15) is 9.59 Å². The fourth-order valence-electron chi connectivity index (χ4n) is 4.25. The molecule has 190 valence electrons. The van der Waals surface area contributed by atoms with Crippen molar-refractivity contribution in [2.24, 2.45) is 0 Å². The zero-order valence-electron chi connectivity index (χ0n) is 20.5. The number of hydrogen-bond acceptors (Lipinski definition) is 8. The minimum absolute atomic E-state index is 0.117. The molecular weight excluding hydrogens is 510 g/mol. The summed E-state index contributed by atoms with van der Waals surface area (Å²) in [7, 11) is 4.68. The summed E-state index contributed by atoms with van der Waals surface area (Å²) in [5.74, 6) is 1.07. The summed E-state index contributed by atoms with van der Waals surface area (Å²) in [5, 5.41) is 3.14. The van der Waals surface area contributed by atoms with Gasteiger partial charge in [0.05, 0.1) is 37.2 Å². The van der Waals surface area contributed by atoms with Crippen molar-refractivity contribution >= 4 is 55.9 Å². The minimum Gasteiger partial charge on any atom is -0.493 e. The molecule has 0 aliphatic carbocycles. The van der Waals surface area contributed by atoms with E-state index < -0.39 is 0 Å². The molecule has 1 aromatic heterocycles. The Hall–Kier alpha value is -3.76. The van der Waals surface area contributed by atoms with Gasteiger partial charge >= 0.3 is 0 Å². The summed E-state index contributed by atoms with van der Waals surface area (Å²) < 4.78 is 17.5. The molecule has 0 radical (unpaired) electrons. The number of methoxy groups -OCH3 is 3. The second-order valence-electron chi connectivity index (χ2n) is 8.25. The van der Waals surface area contributed by atoms with Gasteiger partial charge in [0, 0.05) is 16.6 Å². The highest BCUT2D eigenvalue weighted by Crippen LogP contribution is 2.49. The molecule has 1 unspecified atom stereocenters. The number of benzene rings is 3. The number of nitrogens with one attached hydrogen (secondary N) is 1. The number of para-hydroxylation sites is 2. The van der Waals surface area contributed by atoms with Gasteiger partial charge in [-0.15, -0.1) is 11.8 Å². The molecule has 0 bridgehead atoms. The van der Waals surface area contributed by atoms with Gasteiger partial charge in [0.2, 0.25) is 17.6 Å². The van der Waals surface area contributed by atoms with Crippen molar-refractivity contribution in [2.45, 2.75) is 16.6 Å². The second kappa shape index (κ2) is 10.7. The summed E-state index contributed by atoms with van der Waals surface area (Å²) in [6, 6.07) is 19.0. The van der Waals surface area contributed by atoms with Gasteiger partial charge in [-0.1, -0.05) is 35.6 Å². The van der Waals surface area contributed by atoms with Crippen LogP contribution in [-0.4, -0.2) is 44.7 Å². The van der Waals surface area contributed by atoms with Gasteiger partial charge in [-0.05, 0) is 42.0 Å². The Kier molecular flexibility index (Phi) is 7.20. The Morgan fingerprint density at radius 1 is 1.03 bits per heavy atom. The monoisotopic (exact) mass is 535 g/mol. The number of carbonyl (C=O) groups is 2. The molecule has 0 saturated heterocycles. The van der Waals surface area contributed by atoms with E-state index in [2.05, 4.69) is 10.3 Å². The summed E-state index contributed by atoms with van der Waals surface area (Å²) in [6.07, 6.45) is 0.187. The number of thioether (sulfide) groups is 1. The predicted octanol–water partition coefficient (Wildman–Crippen LogP) is 5.53. The summed E-state index contributed by atoms with van der Waals surface area (Å²) in [6.45, 7) is -0.117. The SMILES string of the molecule is COc1cc(C2CC(=O)N(CC(=O)Nc3nc4ccccc4s3)c3ccccc3S2)cc(OC)c1OC. The van der Waals surface area contributed by atoms with E-state index in [0.717, 1.165) is 20.7 Å². The lowest BCUT2D eigenvalue weighted by molar-refractivity contribution is -0.121. The van der Waals surface area contributed by atoms with Crippen LogP contribution in [0, 0.1) is 0 Å². The van der Waals surface area contributed by atoms with Crippen LogP contribution in [0.25, 0.3) is 10.2 Å². The maximum atomic E-state index is 13.6. The number of amides is 2. The lowest BCUT2D eigenvalue weighted by Crippen LogP contribution is -2.38. The number of fused-ring (bicyclic) bond motifs is 2. The molecule has 1 atom stereocenters. The topological polar surface area (TPSA) is 90.0 Å². The Morgan fingerprint density at radius 3 is 2.43 bits per heavy atom. The van der Waals surface area contributed by atoms with Crippen molar-refractivity contribution in [3.63, 3.8) is 0 Å². The average Bonchev–Trinajstić information content (AvgIpc) is 3.26. The molecule has 4 aromatic rings. The fourth-order valence-corrected chi connectivity index (χ4v) is 6.40. The van der Waals surface area contributed by atoms with Gasteiger partial charge in [-0.25, -0.2) is 4.98 Å². The predicted molar refractivity (Wildman–Crippen MR) is 146 cm³/mol. The van der Waals surface area contributed by atoms with Gasteiger partial charge in [0.25, 0.3) is 0 Å². The van der Waals surface area contributed by atoms with Crippen LogP contribution in [-0.2, 0) is 9.59 Å². The van der Waals surface area contributed by atoms with Gasteiger partial charge in [-0.2, -0.15) is 0 Å². The zero-order chi connectivity index (χ0) is 25.9. The fraction of sp³-hybridized carbons (Fsp3) is 0.222. The Labute approximate surface area is 222 Å². The summed E-state index contributed by atoms with van der Waals surface area (Å²) in [5.41, 5.74) is 2.39. The maximum Gasteiger partial charge on any atom is 0.246 e. The molecule has 2 amide bonds. The van der Waals surface area contributed by atoms with Crippen molar-refractivity contribution in [1.29, 1.82) is 0 Å². The highest BCUT2D eigenvalue weighted by Gasteiger charge is 2.31. The first kappa shape index (κ1) is 24.9. The third-order valence-electron chi connectivity index (χ3n) is 5.99. The lowest BCUT2D eigenvalue weighted by atomic mass is 10.1. The molecule has 37 heavy (non-hydrogen) atoms. The third-order valence-corrected chi connectivity index (χ3v) is 8.26. The molecule has 0 saturated carbocycles. The molecule has 1 N–H and O–H groups in total. The molecule has 1 aliphatic heterocycles. The normalized spacial score (nSPS) is 15.2. The van der Waals surface area contributed by atoms with E-state index in [4.69, 9.17) is 14.2 Å². The quantitative estimate of drug-likeness (QED) is 0.333. The molecule has 1 aliphatic rings. The average molecular weight is 536 g/mol. The van der Waals surface area contributed by atoms with Crippen molar-refractivity contribution < 1.29 is 23.8 Å². The van der Waals surface area contributed by atoms with E-state index in [-0.39, 0.29) is 30.0 Å². The van der Waals surface area contributed by atoms with E-state index >= 15 is 0 Å². The Morgan fingerprint density at radius 2 is 1.73 bits per heavy atom. The summed E-state index contributed by atoms with van der Waals surface area (Å²) in [4.78, 5) is 33.5. The van der Waals surface area contributed by atoms with Crippen LogP contribution in [0.3, 0.4) is 0 Å². The smallest absolute Gasteiger partial charge is 0.246 e. The van der Waals surface area contributed by atoms with E-state index in [0.29, 0.717) is 28.1 Å². The van der Waals surface area contributed by atoms with Crippen LogP contribution in [0.2, 0.25) is 0 Å². The number of nitrogens with zero attached hydrogens (tertiary/aromatic N) is 2. The number of rotatable bonds is 7. The molecule has 0 fully saturated rings. The van der Waals surface area contributed by atoms with Crippen LogP contribution in [0.5, 0.6) is 17.2 Å². The van der Waals surface area contributed by atoms with E-state index in [1.807, 2.05) is 60.7 Å². The molecule has 2 heterocycles. The first-order valence-electron chi connectivity index (χ1n) is 11.5. The molecule has 8 nitrogen and oxygen atoms in total. The molecular formula is C27H25N3O5S2. The second-order valence-corrected chi connectivity index (χ2v) is 10.5. The zero-order valence-corrected chi connectivity index (χ0v) is 22.2. The molecule has 3 aromatic carbocycles. The van der Waals surface area contributed by atoms with Gasteiger partial charge in [0.1, 0.15) is 6.54 Å². The van der Waals surface area contributed by atoms with Gasteiger partial charge in [-0.3, -0.25) is 9.59 Å². The molecule has 5 rings (SSSR count). The first-order valence-corrected chi connectivity index (χ1v) is 13.2. The van der Waals surface area contributed by atoms with Crippen LogP contribution in [0.1, 0.15) is 17.2 Å². The lowest BCUT2D eigenvalue weighted by Gasteiger charge is -2.22. The molecule has 10 heteroatoms. The number of thiazole rings is 1. The number of anilines is 2. The number of ether oxygens (including phenoxy) is 3. The maximum absolute atomic E-state index is 13.6. The van der Waals surface area contributed by atoms with Crippen LogP contribution in [0.4, 0.5) is 10.8 Å². The van der Waals surface area contributed by atoms with Crippen molar-refractivity contribution in [3.8, 4) is 17.2 Å². The summed E-state index contributed by atoms with van der Waals surface area (Å²) >= 11 is 2.97. The van der Waals surface area contributed by atoms with Gasteiger partial charge < -0.3 is 24.4 Å². The largest absolute Gasteiger partial charge is 0.493 e. The van der Waals surface area contributed by atoms with E-state index in [1.54, 1.807) is 38.0 Å². The standard InChI is InChI=1S/C27H25N3O5S2/c1-33-19-12-16(13-20(34-2)26(19)35-3)23-14-25(32)30(18-9-5-7-11-22(18)36-23)15-24(31)29-27-28-17-8-4-6-10-21(17)37-27/h4-13,23H,14-15H2,1-3H3,(H,28,29,31). The number of hydrogen-bond donors (Lipinski definition) is 1. The third kappa shape index (κ3) is 5.07. The Balaban J connectivity index is 1.42. The number of carbonyl (C=O) groups excluding carboxylic acids is 2. The van der Waals surface area contributed by atoms with Crippen molar-refractivity contribution in [2.75, 3.05) is 38.1 Å². The first-order chi connectivity index (χ1) is 18.0. The van der Waals surface area contributed by atoms with Crippen LogP contribution >= 0.6 is 23.1 Å². The highest BCUT2D eigenvalue weighted by molar-refractivity contribution is 7.99. The van der Waals surface area contributed by atoms with Crippen LogP contribution in [0.15, 0.2) is 65.6 Å². The molecule has 0 spiro atoms. The van der Waals surface area contributed by atoms with Crippen LogP contribution < -0.4 is 24.4 Å².